The van der Waals surface area contributed by atoms with Gasteiger partial charge >= 0.3 is 45.9 Å². The van der Waals surface area contributed by atoms with Crippen LogP contribution in [-0.4, -0.2) is 66.8 Å². The molecule has 0 rings (SSSR count). The maximum atomic E-state index is 10.2. The van der Waals surface area contributed by atoms with E-state index in [2.05, 4.69) is 16.8 Å². The Morgan fingerprint density at radius 3 is 1.61 bits per heavy atom. The Hall–Kier alpha value is 0.300. The first-order valence-electron chi connectivity index (χ1n) is 7.87. The van der Waals surface area contributed by atoms with Crippen LogP contribution in [0, 0.1) is 0 Å². The topological polar surface area (TPSA) is 127 Å². The number of carboxylic acids is 1. The molecule has 23 heavy (non-hydrogen) atoms. The second kappa shape index (κ2) is 20.3. The van der Waals surface area contributed by atoms with Crippen LogP contribution < -0.4 is 5.73 Å². The van der Waals surface area contributed by atoms with Crippen LogP contribution in [0.15, 0.2) is 0 Å². The van der Waals surface area contributed by atoms with Gasteiger partial charge in [0.15, 0.2) is 0 Å². The van der Waals surface area contributed by atoms with Gasteiger partial charge in [-0.05, 0) is 6.42 Å². The van der Waals surface area contributed by atoms with E-state index in [1.165, 1.54) is 44.9 Å². The van der Waals surface area contributed by atoms with Crippen molar-refractivity contribution in [3.05, 3.63) is 0 Å². The van der Waals surface area contributed by atoms with Crippen molar-refractivity contribution in [1.82, 2.24) is 0 Å². The molecular formula is C14H32NNaO6S. The normalized spacial score (nSPS) is 10.4. The number of carbonyl (C=O) groups is 1. The Balaban J connectivity index is -0.000000578. The van der Waals surface area contributed by atoms with Crippen LogP contribution in [0.5, 0.6) is 0 Å². The summed E-state index contributed by atoms with van der Waals surface area (Å²) in [5, 5.41) is 7.60. The van der Waals surface area contributed by atoms with E-state index in [4.69, 9.17) is 9.66 Å². The van der Waals surface area contributed by atoms with Gasteiger partial charge in [0.05, 0.1) is 13.2 Å². The van der Waals surface area contributed by atoms with Crippen LogP contribution in [0.4, 0.5) is 0 Å². The van der Waals surface area contributed by atoms with Gasteiger partial charge in [0.2, 0.25) is 0 Å². The molecule has 0 amide bonds. The second-order valence-electron chi connectivity index (χ2n) is 5.03. The molecule has 0 fully saturated rings. The number of carboxylic acid groups (broad SMARTS) is 1. The van der Waals surface area contributed by atoms with Crippen molar-refractivity contribution in [2.24, 2.45) is 5.73 Å². The fourth-order valence-corrected chi connectivity index (χ4v) is 2.08. The number of rotatable bonds is 13. The summed E-state index contributed by atoms with van der Waals surface area (Å²) < 4.78 is 33.0. The molecular weight excluding hydrogens is 333 g/mol. The molecule has 0 bridgehead atoms. The SMILES string of the molecule is CCCCCCCCCCCCOS(=O)(=O)O.NCC(=O)O.[NaH]. The molecule has 0 aliphatic rings. The number of aliphatic carboxylic acids is 1. The third-order valence-electron chi connectivity index (χ3n) is 2.90. The van der Waals surface area contributed by atoms with E-state index in [-0.39, 0.29) is 42.7 Å². The van der Waals surface area contributed by atoms with Gasteiger partial charge < -0.3 is 10.8 Å². The molecule has 9 heteroatoms. The van der Waals surface area contributed by atoms with Crippen molar-refractivity contribution < 1.29 is 27.1 Å². The zero-order chi connectivity index (χ0) is 17.3. The summed E-state index contributed by atoms with van der Waals surface area (Å²) >= 11 is 0. The predicted octanol–water partition coefficient (Wildman–Crippen LogP) is 2.11. The van der Waals surface area contributed by atoms with Gasteiger partial charge in [0, 0.05) is 0 Å². The van der Waals surface area contributed by atoms with E-state index in [1.807, 2.05) is 0 Å². The van der Waals surface area contributed by atoms with Crippen molar-refractivity contribution in [3.8, 4) is 0 Å². The molecule has 4 N–H and O–H groups in total. The molecule has 0 atom stereocenters. The molecule has 7 nitrogen and oxygen atoms in total. The fourth-order valence-electron chi connectivity index (χ4n) is 1.75. The average Bonchev–Trinajstić information content (AvgIpc) is 2.44. The molecule has 0 aromatic carbocycles. The Morgan fingerprint density at radius 2 is 1.30 bits per heavy atom. The van der Waals surface area contributed by atoms with Crippen molar-refractivity contribution in [2.75, 3.05) is 13.2 Å². The number of nitrogens with two attached hydrogens (primary N) is 1. The van der Waals surface area contributed by atoms with Gasteiger partial charge in [0.25, 0.3) is 0 Å². The third-order valence-corrected chi connectivity index (χ3v) is 3.37. The Kier molecular flexibility index (Phi) is 24.9. The molecule has 0 aliphatic heterocycles. The minimum atomic E-state index is -4.23. The summed E-state index contributed by atoms with van der Waals surface area (Å²) in [6.07, 6.45) is 11.9. The van der Waals surface area contributed by atoms with E-state index in [0.29, 0.717) is 6.42 Å². The standard InChI is InChI=1S/C12H26O4S.C2H5NO2.Na.H/c1-2-3-4-5-6-7-8-9-10-11-12-16-17(13,14)15;3-1-2(4)5;;/h2-12H2,1H3,(H,13,14,15);1,3H2,(H,4,5);;. The van der Waals surface area contributed by atoms with Gasteiger partial charge in [-0.2, -0.15) is 8.42 Å². The molecule has 0 unspecified atom stereocenters. The van der Waals surface area contributed by atoms with Crippen LogP contribution in [0.2, 0.25) is 0 Å². The van der Waals surface area contributed by atoms with Gasteiger partial charge in [-0.3, -0.25) is 9.35 Å². The number of unbranched alkanes of at least 4 members (excludes halogenated alkanes) is 9. The van der Waals surface area contributed by atoms with Crippen molar-refractivity contribution in [2.45, 2.75) is 71.1 Å². The number of hydrogen-bond acceptors (Lipinski definition) is 5. The van der Waals surface area contributed by atoms with Gasteiger partial charge in [0.1, 0.15) is 0 Å². The first-order valence-corrected chi connectivity index (χ1v) is 9.23. The summed E-state index contributed by atoms with van der Waals surface area (Å²) in [6, 6.07) is 0. The monoisotopic (exact) mass is 365 g/mol. The van der Waals surface area contributed by atoms with Gasteiger partial charge in [-0.15, -0.1) is 0 Å². The minimum absolute atomic E-state index is 0. The van der Waals surface area contributed by atoms with Crippen molar-refractivity contribution in [3.63, 3.8) is 0 Å². The van der Waals surface area contributed by atoms with Gasteiger partial charge in [-0.1, -0.05) is 64.7 Å². The summed E-state index contributed by atoms with van der Waals surface area (Å²) in [7, 11) is -4.23. The Morgan fingerprint density at radius 1 is 0.957 bits per heavy atom. The zero-order valence-electron chi connectivity index (χ0n) is 13.5. The summed E-state index contributed by atoms with van der Waals surface area (Å²) in [4.78, 5) is 9.24. The van der Waals surface area contributed by atoms with E-state index in [1.54, 1.807) is 0 Å². The molecule has 0 saturated carbocycles. The number of hydrogen-bond donors (Lipinski definition) is 3. The maximum absolute atomic E-state index is 10.2. The predicted molar refractivity (Wildman–Crippen MR) is 93.2 cm³/mol. The van der Waals surface area contributed by atoms with E-state index in [9.17, 15) is 13.2 Å². The van der Waals surface area contributed by atoms with Gasteiger partial charge in [-0.25, -0.2) is 4.18 Å². The molecule has 0 aliphatic carbocycles. The first kappa shape index (κ1) is 28.1. The quantitative estimate of drug-likeness (QED) is 0.259. The molecule has 0 spiro atoms. The summed E-state index contributed by atoms with van der Waals surface area (Å²) in [5.41, 5.74) is 4.57. The van der Waals surface area contributed by atoms with Crippen LogP contribution in [-0.2, 0) is 19.4 Å². The fraction of sp³-hybridized carbons (Fsp3) is 0.929. The average molecular weight is 365 g/mol. The molecule has 0 saturated heterocycles. The zero-order valence-corrected chi connectivity index (χ0v) is 14.3. The molecule has 0 aromatic rings. The summed E-state index contributed by atoms with van der Waals surface area (Å²) in [5.74, 6) is -0.968. The van der Waals surface area contributed by atoms with E-state index >= 15 is 0 Å². The van der Waals surface area contributed by atoms with Crippen molar-refractivity contribution >= 4 is 45.9 Å². The van der Waals surface area contributed by atoms with Crippen LogP contribution in [0.3, 0.4) is 0 Å². The van der Waals surface area contributed by atoms with Crippen LogP contribution in [0.1, 0.15) is 71.1 Å². The second-order valence-corrected chi connectivity index (χ2v) is 6.12. The first-order chi connectivity index (χ1) is 10.3. The van der Waals surface area contributed by atoms with E-state index in [0.717, 1.165) is 12.8 Å². The van der Waals surface area contributed by atoms with Crippen LogP contribution in [0.25, 0.3) is 0 Å². The summed E-state index contributed by atoms with van der Waals surface area (Å²) in [6.45, 7) is 2.03. The molecule has 0 aromatic heterocycles. The molecule has 0 radical (unpaired) electrons. The molecule has 136 valence electrons. The Labute approximate surface area is 162 Å². The Bertz CT molecular complexity index is 351. The third kappa shape index (κ3) is 34.6. The van der Waals surface area contributed by atoms with E-state index < -0.39 is 16.4 Å². The van der Waals surface area contributed by atoms with Crippen LogP contribution >= 0.6 is 0 Å². The molecule has 0 heterocycles. The van der Waals surface area contributed by atoms with Crippen molar-refractivity contribution in [1.29, 1.82) is 0 Å².